The summed E-state index contributed by atoms with van der Waals surface area (Å²) in [6.45, 7) is 0. The lowest BCUT2D eigenvalue weighted by Crippen LogP contribution is -2.23. The second-order valence-electron chi connectivity index (χ2n) is 12.8. The molecular weight excluding hydrogens is 583 g/mol. The Balaban J connectivity index is 1.13. The third kappa shape index (κ3) is 5.07. The molecule has 1 heterocycles. The number of nitrogens with zero attached hydrogens (tertiary/aromatic N) is 1. The molecule has 230 valence electrons. The molecule has 2 heteroatoms. The Hall–Kier alpha value is -5.86. The van der Waals surface area contributed by atoms with Crippen LogP contribution in [0.1, 0.15) is 36.3 Å². The summed E-state index contributed by atoms with van der Waals surface area (Å²) < 4.78 is 6.21. The molecule has 1 aromatic heterocycles. The van der Waals surface area contributed by atoms with Crippen LogP contribution in [0.15, 0.2) is 180 Å². The van der Waals surface area contributed by atoms with Gasteiger partial charge in [-0.15, -0.1) is 0 Å². The SMILES string of the molecule is C1=CCC(c2ccccc2)C(N(c2ccc(C3=CCCC=C3)cc2)c2ccc(-c3ccc4ccc5oc6ccccc6c5c4c3)cc2)=C1. The predicted octanol–water partition coefficient (Wildman–Crippen LogP) is 12.9. The maximum atomic E-state index is 6.21. The maximum absolute atomic E-state index is 6.21. The molecule has 2 nitrogen and oxygen atoms in total. The fourth-order valence-corrected chi connectivity index (χ4v) is 7.44. The van der Waals surface area contributed by atoms with Crippen LogP contribution in [0.2, 0.25) is 0 Å². The molecule has 7 aromatic rings. The van der Waals surface area contributed by atoms with E-state index in [2.05, 4.69) is 163 Å². The van der Waals surface area contributed by atoms with Crippen LogP contribution >= 0.6 is 0 Å². The number of anilines is 2. The van der Waals surface area contributed by atoms with Crippen LogP contribution in [0.5, 0.6) is 0 Å². The fourth-order valence-electron chi connectivity index (χ4n) is 7.44. The summed E-state index contributed by atoms with van der Waals surface area (Å²) in [5, 5.41) is 4.77. The number of furan rings is 1. The van der Waals surface area contributed by atoms with Crippen molar-refractivity contribution in [3.8, 4) is 11.1 Å². The average Bonchev–Trinajstić information content (AvgIpc) is 3.56. The van der Waals surface area contributed by atoms with Crippen molar-refractivity contribution in [2.75, 3.05) is 4.90 Å². The first-order valence-electron chi connectivity index (χ1n) is 16.9. The Morgan fingerprint density at radius 2 is 1.31 bits per heavy atom. The molecule has 0 spiro atoms. The summed E-state index contributed by atoms with van der Waals surface area (Å²) in [5.74, 6) is 0.257. The van der Waals surface area contributed by atoms with Crippen LogP contribution < -0.4 is 4.90 Å². The van der Waals surface area contributed by atoms with Gasteiger partial charge in [-0.3, -0.25) is 0 Å². The van der Waals surface area contributed by atoms with E-state index < -0.39 is 0 Å². The Morgan fingerprint density at radius 3 is 2.10 bits per heavy atom. The lowest BCUT2D eigenvalue weighted by molar-refractivity contribution is 0.669. The Labute approximate surface area is 281 Å². The third-order valence-corrected chi connectivity index (χ3v) is 9.86. The van der Waals surface area contributed by atoms with E-state index >= 15 is 0 Å². The molecule has 1 unspecified atom stereocenters. The van der Waals surface area contributed by atoms with Gasteiger partial charge in [0.2, 0.25) is 0 Å². The highest BCUT2D eigenvalue weighted by Gasteiger charge is 2.25. The summed E-state index contributed by atoms with van der Waals surface area (Å²) in [6.07, 6.45) is 16.8. The minimum atomic E-state index is 0.257. The van der Waals surface area contributed by atoms with Gasteiger partial charge in [0.25, 0.3) is 0 Å². The fraction of sp³-hybridized carbons (Fsp3) is 0.0870. The zero-order valence-corrected chi connectivity index (χ0v) is 26.7. The monoisotopic (exact) mass is 617 g/mol. The van der Waals surface area contributed by atoms with E-state index in [-0.39, 0.29) is 5.92 Å². The summed E-state index contributed by atoms with van der Waals surface area (Å²) in [5.41, 5.74) is 11.7. The molecule has 2 aliphatic rings. The van der Waals surface area contributed by atoms with Crippen molar-refractivity contribution in [2.45, 2.75) is 25.2 Å². The van der Waals surface area contributed by atoms with E-state index in [4.69, 9.17) is 4.42 Å². The van der Waals surface area contributed by atoms with Crippen molar-refractivity contribution in [3.63, 3.8) is 0 Å². The first-order valence-corrected chi connectivity index (χ1v) is 16.9. The summed E-state index contributed by atoms with van der Waals surface area (Å²) >= 11 is 0. The van der Waals surface area contributed by atoms with Gasteiger partial charge in [-0.05, 0) is 106 Å². The molecule has 0 bridgehead atoms. The van der Waals surface area contributed by atoms with Crippen LogP contribution in [-0.2, 0) is 0 Å². The minimum absolute atomic E-state index is 0.257. The summed E-state index contributed by atoms with van der Waals surface area (Å²) in [6, 6.07) is 48.4. The molecule has 0 radical (unpaired) electrons. The smallest absolute Gasteiger partial charge is 0.136 e. The molecule has 0 saturated heterocycles. The number of allylic oxidation sites excluding steroid dienone is 8. The highest BCUT2D eigenvalue weighted by atomic mass is 16.3. The van der Waals surface area contributed by atoms with Gasteiger partial charge in [0, 0.05) is 33.8 Å². The standard InChI is InChI=1S/C46H35NO/c1-3-11-32(12-4-1)33-21-26-38(27-22-33)47(43-17-9-7-15-40(43)35-13-5-2-6-14-35)39-28-23-34(24-29-39)37-20-19-36-25-30-45-46(42(36)31-37)41-16-8-10-18-44(41)48-45/h2-3,5-14,16-31,40H,1,4,15H2. The second kappa shape index (κ2) is 12.1. The number of para-hydroxylation sites is 1. The van der Waals surface area contributed by atoms with Crippen LogP contribution in [0.4, 0.5) is 11.4 Å². The lowest BCUT2D eigenvalue weighted by Gasteiger charge is -2.34. The van der Waals surface area contributed by atoms with E-state index in [9.17, 15) is 0 Å². The van der Waals surface area contributed by atoms with Crippen LogP contribution in [-0.4, -0.2) is 0 Å². The molecule has 0 fully saturated rings. The number of benzene rings is 6. The topological polar surface area (TPSA) is 16.4 Å². The van der Waals surface area contributed by atoms with Gasteiger partial charge in [-0.2, -0.15) is 0 Å². The molecule has 0 aliphatic heterocycles. The zero-order valence-electron chi connectivity index (χ0n) is 26.7. The number of fused-ring (bicyclic) bond motifs is 5. The van der Waals surface area contributed by atoms with Gasteiger partial charge in [-0.25, -0.2) is 0 Å². The van der Waals surface area contributed by atoms with Gasteiger partial charge < -0.3 is 9.32 Å². The van der Waals surface area contributed by atoms with Crippen LogP contribution in [0, 0.1) is 0 Å². The van der Waals surface area contributed by atoms with E-state index in [1.54, 1.807) is 0 Å². The highest BCUT2D eigenvalue weighted by Crippen LogP contribution is 2.42. The lowest BCUT2D eigenvalue weighted by atomic mass is 9.88. The van der Waals surface area contributed by atoms with Crippen LogP contribution in [0.25, 0.3) is 49.4 Å². The predicted molar refractivity (Wildman–Crippen MR) is 203 cm³/mol. The van der Waals surface area contributed by atoms with Crippen molar-refractivity contribution in [3.05, 3.63) is 187 Å². The molecule has 1 atom stereocenters. The van der Waals surface area contributed by atoms with Crippen molar-refractivity contribution < 1.29 is 4.42 Å². The largest absolute Gasteiger partial charge is 0.456 e. The molecule has 0 amide bonds. The van der Waals surface area contributed by atoms with E-state index in [0.29, 0.717) is 0 Å². The number of hydrogen-bond donors (Lipinski definition) is 0. The summed E-state index contributed by atoms with van der Waals surface area (Å²) in [7, 11) is 0. The summed E-state index contributed by atoms with van der Waals surface area (Å²) in [4.78, 5) is 2.45. The molecule has 2 aliphatic carbocycles. The molecule has 0 N–H and O–H groups in total. The second-order valence-corrected chi connectivity index (χ2v) is 12.8. The first-order chi connectivity index (χ1) is 23.8. The Bertz CT molecular complexity index is 2400. The van der Waals surface area contributed by atoms with E-state index in [1.807, 2.05) is 12.1 Å². The maximum Gasteiger partial charge on any atom is 0.136 e. The molecule has 0 saturated carbocycles. The minimum Gasteiger partial charge on any atom is -0.456 e. The van der Waals surface area contributed by atoms with Crippen molar-refractivity contribution in [1.29, 1.82) is 0 Å². The molecule has 48 heavy (non-hydrogen) atoms. The molecule has 6 aromatic carbocycles. The number of rotatable bonds is 6. The molecular formula is C46H35NO. The Kier molecular flexibility index (Phi) is 7.13. The quantitative estimate of drug-likeness (QED) is 0.185. The normalized spacial score (nSPS) is 16.0. The van der Waals surface area contributed by atoms with Gasteiger partial charge >= 0.3 is 0 Å². The third-order valence-electron chi connectivity index (χ3n) is 9.86. The van der Waals surface area contributed by atoms with Crippen molar-refractivity contribution >= 4 is 49.7 Å². The van der Waals surface area contributed by atoms with Gasteiger partial charge in [-0.1, -0.05) is 121 Å². The van der Waals surface area contributed by atoms with Gasteiger partial charge in [0.1, 0.15) is 11.2 Å². The molecule has 9 rings (SSSR count). The van der Waals surface area contributed by atoms with E-state index in [1.165, 1.54) is 49.7 Å². The average molecular weight is 618 g/mol. The zero-order chi connectivity index (χ0) is 31.9. The van der Waals surface area contributed by atoms with Gasteiger partial charge in [0.05, 0.1) is 0 Å². The van der Waals surface area contributed by atoms with Crippen molar-refractivity contribution in [2.24, 2.45) is 0 Å². The first kappa shape index (κ1) is 28.4. The highest BCUT2D eigenvalue weighted by molar-refractivity contribution is 6.19. The van der Waals surface area contributed by atoms with Crippen LogP contribution in [0.3, 0.4) is 0 Å². The Morgan fingerprint density at radius 1 is 0.583 bits per heavy atom. The van der Waals surface area contributed by atoms with Crippen molar-refractivity contribution in [1.82, 2.24) is 0 Å². The number of hydrogen-bond acceptors (Lipinski definition) is 2. The van der Waals surface area contributed by atoms with Gasteiger partial charge in [0.15, 0.2) is 0 Å². The van der Waals surface area contributed by atoms with E-state index in [0.717, 1.165) is 47.2 Å².